The van der Waals surface area contributed by atoms with Gasteiger partial charge in [0.15, 0.2) is 0 Å². The summed E-state index contributed by atoms with van der Waals surface area (Å²) in [4.78, 5) is 16.4. The highest BCUT2D eigenvalue weighted by molar-refractivity contribution is 9.10. The molecule has 1 heterocycles. The van der Waals surface area contributed by atoms with Crippen LogP contribution in [0.3, 0.4) is 0 Å². The Labute approximate surface area is 119 Å². The van der Waals surface area contributed by atoms with Crippen molar-refractivity contribution < 1.29 is 9.90 Å². The summed E-state index contributed by atoms with van der Waals surface area (Å²) < 4.78 is 0.802. The smallest absolute Gasteiger partial charge is 0.336 e. The number of carboxylic acids is 1. The maximum atomic E-state index is 11.7. The van der Waals surface area contributed by atoms with Crippen molar-refractivity contribution in [3.63, 3.8) is 0 Å². The lowest BCUT2D eigenvalue weighted by molar-refractivity contribution is 0.0697. The summed E-state index contributed by atoms with van der Waals surface area (Å²) in [6.45, 7) is 2.13. The molecule has 0 fully saturated rings. The SMILES string of the molecule is CC1CCCc2c1nc1cccc(Br)c1c2C(=O)O. The summed E-state index contributed by atoms with van der Waals surface area (Å²) in [7, 11) is 0. The zero-order valence-corrected chi connectivity index (χ0v) is 12.2. The van der Waals surface area contributed by atoms with Crippen LogP contribution in [0.15, 0.2) is 22.7 Å². The molecule has 0 spiro atoms. The van der Waals surface area contributed by atoms with Crippen molar-refractivity contribution in [1.82, 2.24) is 4.98 Å². The predicted molar refractivity (Wildman–Crippen MR) is 77.8 cm³/mol. The summed E-state index contributed by atoms with van der Waals surface area (Å²) in [5, 5.41) is 10.3. The Hall–Kier alpha value is -1.42. The summed E-state index contributed by atoms with van der Waals surface area (Å²) >= 11 is 3.46. The van der Waals surface area contributed by atoms with Crippen LogP contribution < -0.4 is 0 Å². The predicted octanol–water partition coefficient (Wildman–Crippen LogP) is 4.14. The molecule has 0 saturated heterocycles. The third-order valence-electron chi connectivity index (χ3n) is 3.84. The largest absolute Gasteiger partial charge is 0.478 e. The number of carboxylic acid groups (broad SMARTS) is 1. The van der Waals surface area contributed by atoms with Crippen LogP contribution >= 0.6 is 15.9 Å². The topological polar surface area (TPSA) is 50.2 Å². The van der Waals surface area contributed by atoms with Crippen LogP contribution in [0.5, 0.6) is 0 Å². The summed E-state index contributed by atoms with van der Waals surface area (Å²) in [5.41, 5.74) is 3.08. The average molecular weight is 320 g/mol. The number of aromatic nitrogens is 1. The van der Waals surface area contributed by atoms with E-state index < -0.39 is 5.97 Å². The van der Waals surface area contributed by atoms with Gasteiger partial charge in [-0.25, -0.2) is 4.79 Å². The van der Waals surface area contributed by atoms with Gasteiger partial charge in [-0.1, -0.05) is 28.9 Å². The molecule has 2 aromatic rings. The molecule has 4 heteroatoms. The van der Waals surface area contributed by atoms with Crippen molar-refractivity contribution in [2.45, 2.75) is 32.1 Å². The van der Waals surface area contributed by atoms with Crippen LogP contribution in [0.1, 0.15) is 47.3 Å². The summed E-state index contributed by atoms with van der Waals surface area (Å²) in [6, 6.07) is 5.65. The van der Waals surface area contributed by atoms with E-state index in [1.165, 1.54) is 0 Å². The first kappa shape index (κ1) is 12.6. The van der Waals surface area contributed by atoms with Gasteiger partial charge in [0.2, 0.25) is 0 Å². The fourth-order valence-corrected chi connectivity index (χ4v) is 3.50. The minimum absolute atomic E-state index is 0.338. The monoisotopic (exact) mass is 319 g/mol. The number of hydrogen-bond acceptors (Lipinski definition) is 2. The first-order valence-electron chi connectivity index (χ1n) is 6.44. The lowest BCUT2D eigenvalue weighted by Gasteiger charge is -2.24. The number of benzene rings is 1. The third-order valence-corrected chi connectivity index (χ3v) is 4.50. The van der Waals surface area contributed by atoms with Crippen LogP contribution in [0.4, 0.5) is 0 Å². The zero-order chi connectivity index (χ0) is 13.6. The van der Waals surface area contributed by atoms with E-state index in [1.807, 2.05) is 18.2 Å². The number of carbonyl (C=O) groups is 1. The lowest BCUT2D eigenvalue weighted by Crippen LogP contribution is -2.15. The Balaban J connectivity index is 2.46. The first-order chi connectivity index (χ1) is 9.09. The second kappa shape index (κ2) is 4.60. The molecule has 1 atom stereocenters. The number of nitrogens with zero attached hydrogens (tertiary/aromatic N) is 1. The number of fused-ring (bicyclic) bond motifs is 2. The highest BCUT2D eigenvalue weighted by Crippen LogP contribution is 2.37. The van der Waals surface area contributed by atoms with E-state index in [2.05, 4.69) is 22.9 Å². The van der Waals surface area contributed by atoms with Crippen molar-refractivity contribution in [3.8, 4) is 0 Å². The minimum Gasteiger partial charge on any atom is -0.478 e. The van der Waals surface area contributed by atoms with Crippen molar-refractivity contribution in [2.24, 2.45) is 0 Å². The molecule has 1 unspecified atom stereocenters. The van der Waals surface area contributed by atoms with E-state index in [0.717, 1.165) is 45.9 Å². The first-order valence-corrected chi connectivity index (χ1v) is 7.23. The standard InChI is InChI=1S/C15H14BrNO2/c1-8-4-2-5-9-12(15(18)19)13-10(16)6-3-7-11(13)17-14(8)9/h3,6-8H,2,4-5H2,1H3,(H,18,19). The molecule has 0 bridgehead atoms. The van der Waals surface area contributed by atoms with Gasteiger partial charge in [0, 0.05) is 15.6 Å². The van der Waals surface area contributed by atoms with Gasteiger partial charge in [-0.05, 0) is 42.9 Å². The molecular formula is C15H14BrNO2. The van der Waals surface area contributed by atoms with Gasteiger partial charge in [0.25, 0.3) is 0 Å². The van der Waals surface area contributed by atoms with Crippen molar-refractivity contribution >= 4 is 32.8 Å². The molecular weight excluding hydrogens is 306 g/mol. The molecule has 1 N–H and O–H groups in total. The zero-order valence-electron chi connectivity index (χ0n) is 10.6. The van der Waals surface area contributed by atoms with Gasteiger partial charge in [-0.3, -0.25) is 4.98 Å². The van der Waals surface area contributed by atoms with Crippen LogP contribution in [0.2, 0.25) is 0 Å². The quantitative estimate of drug-likeness (QED) is 0.859. The fraction of sp³-hybridized carbons (Fsp3) is 0.333. The van der Waals surface area contributed by atoms with Crippen LogP contribution in [0, 0.1) is 0 Å². The fourth-order valence-electron chi connectivity index (χ4n) is 2.95. The van der Waals surface area contributed by atoms with Crippen molar-refractivity contribution in [1.29, 1.82) is 0 Å². The van der Waals surface area contributed by atoms with E-state index in [4.69, 9.17) is 4.98 Å². The number of aromatic carboxylic acids is 1. The second-order valence-corrected chi connectivity index (χ2v) is 5.94. The van der Waals surface area contributed by atoms with E-state index >= 15 is 0 Å². The number of rotatable bonds is 1. The molecule has 1 aromatic heterocycles. The molecule has 1 aliphatic rings. The maximum absolute atomic E-state index is 11.7. The normalized spacial score (nSPS) is 18.3. The average Bonchev–Trinajstić information content (AvgIpc) is 2.37. The Morgan fingerprint density at radius 1 is 1.47 bits per heavy atom. The van der Waals surface area contributed by atoms with E-state index in [-0.39, 0.29) is 0 Å². The Morgan fingerprint density at radius 2 is 2.26 bits per heavy atom. The van der Waals surface area contributed by atoms with Gasteiger partial charge in [-0.15, -0.1) is 0 Å². The highest BCUT2D eigenvalue weighted by atomic mass is 79.9. The third kappa shape index (κ3) is 1.94. The molecule has 0 amide bonds. The van der Waals surface area contributed by atoms with Gasteiger partial charge < -0.3 is 5.11 Å². The number of halogens is 1. The molecule has 0 radical (unpaired) electrons. The highest BCUT2D eigenvalue weighted by Gasteiger charge is 2.26. The van der Waals surface area contributed by atoms with Crippen LogP contribution in [-0.2, 0) is 6.42 Å². The summed E-state index contributed by atoms with van der Waals surface area (Å²) in [6.07, 6.45) is 2.93. The molecule has 0 aliphatic heterocycles. The molecule has 1 aromatic carbocycles. The van der Waals surface area contributed by atoms with E-state index in [0.29, 0.717) is 11.5 Å². The number of hydrogen-bond donors (Lipinski definition) is 1. The molecule has 3 nitrogen and oxygen atoms in total. The molecule has 98 valence electrons. The Kier molecular flexibility index (Phi) is 3.05. The van der Waals surface area contributed by atoms with Gasteiger partial charge in [0.05, 0.1) is 11.1 Å². The number of pyridine rings is 1. The van der Waals surface area contributed by atoms with Crippen molar-refractivity contribution in [2.75, 3.05) is 0 Å². The van der Waals surface area contributed by atoms with Crippen molar-refractivity contribution in [3.05, 3.63) is 39.5 Å². The van der Waals surface area contributed by atoms with E-state index in [1.54, 1.807) is 0 Å². The Morgan fingerprint density at radius 3 is 3.00 bits per heavy atom. The molecule has 1 aliphatic carbocycles. The van der Waals surface area contributed by atoms with Gasteiger partial charge >= 0.3 is 5.97 Å². The Bertz CT molecular complexity index is 681. The lowest BCUT2D eigenvalue weighted by atomic mass is 9.84. The van der Waals surface area contributed by atoms with Gasteiger partial charge in [-0.2, -0.15) is 0 Å². The maximum Gasteiger partial charge on any atom is 0.336 e. The van der Waals surface area contributed by atoms with Crippen LogP contribution in [0.25, 0.3) is 10.9 Å². The molecule has 0 saturated carbocycles. The summed E-state index contributed by atoms with van der Waals surface area (Å²) in [5.74, 6) is -0.519. The molecule has 19 heavy (non-hydrogen) atoms. The molecule has 3 rings (SSSR count). The van der Waals surface area contributed by atoms with Gasteiger partial charge in [0.1, 0.15) is 0 Å². The van der Waals surface area contributed by atoms with E-state index in [9.17, 15) is 9.90 Å². The van der Waals surface area contributed by atoms with Crippen LogP contribution in [-0.4, -0.2) is 16.1 Å². The minimum atomic E-state index is -0.857. The second-order valence-electron chi connectivity index (χ2n) is 5.08.